The standard InChI is InChI=1S/C21H20ClN5O3/c1-2-13-3-6-15(7-4-13)25-20(29)11-30-18-8-5-14(9-16(18)22)17-10-19(28)26-21-23-12-24-27(17)21/h3-9,12,17H,2,10-11H2,1H3,(H,25,29)(H,23,24,26,28)/t17-/m1/s1. The third-order valence-corrected chi connectivity index (χ3v) is 5.14. The number of hydrogen-bond acceptors (Lipinski definition) is 5. The minimum Gasteiger partial charge on any atom is -0.482 e. The van der Waals surface area contributed by atoms with Crippen LogP contribution in [0.5, 0.6) is 5.75 Å². The molecule has 8 nitrogen and oxygen atoms in total. The second-order valence-corrected chi connectivity index (χ2v) is 7.28. The van der Waals surface area contributed by atoms with Crippen LogP contribution in [0.2, 0.25) is 5.02 Å². The van der Waals surface area contributed by atoms with Crippen LogP contribution >= 0.6 is 11.6 Å². The predicted molar refractivity (Wildman–Crippen MR) is 113 cm³/mol. The zero-order valence-corrected chi connectivity index (χ0v) is 17.0. The molecule has 2 amide bonds. The summed E-state index contributed by atoms with van der Waals surface area (Å²) in [6, 6.07) is 12.6. The Kier molecular flexibility index (Phi) is 5.67. The molecule has 0 saturated carbocycles. The van der Waals surface area contributed by atoms with Gasteiger partial charge in [-0.2, -0.15) is 10.1 Å². The summed E-state index contributed by atoms with van der Waals surface area (Å²) < 4.78 is 7.22. The van der Waals surface area contributed by atoms with Crippen molar-refractivity contribution in [2.75, 3.05) is 17.2 Å². The van der Waals surface area contributed by atoms with Gasteiger partial charge in [-0.15, -0.1) is 0 Å². The second kappa shape index (κ2) is 8.54. The number of nitrogens with one attached hydrogen (secondary N) is 2. The first kappa shape index (κ1) is 19.9. The fourth-order valence-electron chi connectivity index (χ4n) is 3.27. The quantitative estimate of drug-likeness (QED) is 0.630. The Labute approximate surface area is 178 Å². The molecule has 154 valence electrons. The molecule has 9 heteroatoms. The predicted octanol–water partition coefficient (Wildman–Crippen LogP) is 3.44. The Hall–Kier alpha value is -3.39. The van der Waals surface area contributed by atoms with E-state index in [0.29, 0.717) is 22.4 Å². The summed E-state index contributed by atoms with van der Waals surface area (Å²) in [6.45, 7) is 1.90. The molecule has 0 saturated heterocycles. The molecule has 2 N–H and O–H groups in total. The third-order valence-electron chi connectivity index (χ3n) is 4.84. The van der Waals surface area contributed by atoms with E-state index in [1.807, 2.05) is 24.3 Å². The summed E-state index contributed by atoms with van der Waals surface area (Å²) in [6.07, 6.45) is 2.56. The summed E-state index contributed by atoms with van der Waals surface area (Å²) in [5.74, 6) is 0.364. The molecule has 0 bridgehead atoms. The van der Waals surface area contributed by atoms with Gasteiger partial charge in [-0.3, -0.25) is 14.9 Å². The summed E-state index contributed by atoms with van der Waals surface area (Å²) in [5, 5.41) is 9.98. The number of rotatable bonds is 6. The molecular weight excluding hydrogens is 406 g/mol. The molecule has 1 aliphatic heterocycles. The van der Waals surface area contributed by atoms with E-state index in [1.165, 1.54) is 11.9 Å². The fourth-order valence-corrected chi connectivity index (χ4v) is 3.51. The molecule has 2 heterocycles. The highest BCUT2D eigenvalue weighted by molar-refractivity contribution is 6.32. The number of benzene rings is 2. The first-order valence-electron chi connectivity index (χ1n) is 9.54. The van der Waals surface area contributed by atoms with Gasteiger partial charge in [0, 0.05) is 5.69 Å². The molecule has 2 aromatic carbocycles. The molecule has 1 aromatic heterocycles. The number of aryl methyl sites for hydroxylation is 1. The van der Waals surface area contributed by atoms with Crippen LogP contribution in [0.4, 0.5) is 11.6 Å². The second-order valence-electron chi connectivity index (χ2n) is 6.87. The van der Waals surface area contributed by atoms with Gasteiger partial charge in [0.05, 0.1) is 17.5 Å². The van der Waals surface area contributed by atoms with Crippen molar-refractivity contribution < 1.29 is 14.3 Å². The van der Waals surface area contributed by atoms with Crippen LogP contribution in [0.25, 0.3) is 0 Å². The molecule has 0 fully saturated rings. The molecule has 1 atom stereocenters. The topological polar surface area (TPSA) is 98.1 Å². The monoisotopic (exact) mass is 425 g/mol. The summed E-state index contributed by atoms with van der Waals surface area (Å²) in [5.41, 5.74) is 2.71. The van der Waals surface area contributed by atoms with Gasteiger partial charge in [0.25, 0.3) is 5.91 Å². The highest BCUT2D eigenvalue weighted by Gasteiger charge is 2.28. The van der Waals surface area contributed by atoms with Crippen LogP contribution in [0.15, 0.2) is 48.8 Å². The lowest BCUT2D eigenvalue weighted by Gasteiger charge is -2.24. The average molecular weight is 426 g/mol. The largest absolute Gasteiger partial charge is 0.482 e. The molecule has 30 heavy (non-hydrogen) atoms. The maximum absolute atomic E-state index is 12.2. The van der Waals surface area contributed by atoms with Gasteiger partial charge in [0.1, 0.15) is 12.1 Å². The smallest absolute Gasteiger partial charge is 0.262 e. The van der Waals surface area contributed by atoms with Crippen LogP contribution < -0.4 is 15.4 Å². The van der Waals surface area contributed by atoms with Gasteiger partial charge in [-0.25, -0.2) is 4.68 Å². The molecule has 0 spiro atoms. The average Bonchev–Trinajstić information content (AvgIpc) is 3.21. The highest BCUT2D eigenvalue weighted by Crippen LogP contribution is 2.33. The van der Waals surface area contributed by atoms with Crippen molar-refractivity contribution in [2.24, 2.45) is 0 Å². The number of carbonyl (C=O) groups excluding carboxylic acids is 2. The normalized spacial score (nSPS) is 15.3. The lowest BCUT2D eigenvalue weighted by atomic mass is 10.0. The molecule has 4 rings (SSSR count). The number of ether oxygens (including phenoxy) is 1. The lowest BCUT2D eigenvalue weighted by Crippen LogP contribution is -2.29. The number of aromatic nitrogens is 3. The number of amides is 2. The minimum atomic E-state index is -0.308. The highest BCUT2D eigenvalue weighted by atomic mass is 35.5. The van der Waals surface area contributed by atoms with Gasteiger partial charge in [-0.05, 0) is 41.8 Å². The first-order valence-corrected chi connectivity index (χ1v) is 9.91. The maximum Gasteiger partial charge on any atom is 0.262 e. The van der Waals surface area contributed by atoms with Crippen LogP contribution in [0, 0.1) is 0 Å². The molecule has 0 radical (unpaired) electrons. The van der Waals surface area contributed by atoms with Crippen LogP contribution in [-0.4, -0.2) is 33.2 Å². The van der Waals surface area contributed by atoms with Crippen molar-refractivity contribution in [2.45, 2.75) is 25.8 Å². The van der Waals surface area contributed by atoms with Crippen molar-refractivity contribution >= 4 is 35.1 Å². The van der Waals surface area contributed by atoms with Crippen molar-refractivity contribution in [3.8, 4) is 5.75 Å². The van der Waals surface area contributed by atoms with E-state index >= 15 is 0 Å². The van der Waals surface area contributed by atoms with Crippen molar-refractivity contribution in [1.29, 1.82) is 0 Å². The number of halogens is 1. The summed E-state index contributed by atoms with van der Waals surface area (Å²) in [4.78, 5) is 28.1. The molecule has 3 aromatic rings. The maximum atomic E-state index is 12.2. The molecule has 0 aliphatic carbocycles. The van der Waals surface area contributed by atoms with Gasteiger partial charge < -0.3 is 10.1 Å². The lowest BCUT2D eigenvalue weighted by molar-refractivity contribution is -0.118. The Morgan fingerprint density at radius 2 is 2.10 bits per heavy atom. The Bertz CT molecular complexity index is 1080. The minimum absolute atomic E-state index is 0.138. The zero-order valence-electron chi connectivity index (χ0n) is 16.3. The van der Waals surface area contributed by atoms with Crippen LogP contribution in [0.3, 0.4) is 0 Å². The van der Waals surface area contributed by atoms with E-state index in [1.54, 1.807) is 22.9 Å². The number of hydrogen-bond donors (Lipinski definition) is 2. The fraction of sp³-hybridized carbons (Fsp3) is 0.238. The molecule has 1 aliphatic rings. The molecule has 0 unspecified atom stereocenters. The van der Waals surface area contributed by atoms with E-state index in [-0.39, 0.29) is 30.9 Å². The number of anilines is 2. The van der Waals surface area contributed by atoms with E-state index in [0.717, 1.165) is 12.0 Å². The number of carbonyl (C=O) groups is 2. The van der Waals surface area contributed by atoms with Gasteiger partial charge in [0.15, 0.2) is 6.61 Å². The van der Waals surface area contributed by atoms with Crippen molar-refractivity contribution in [3.05, 3.63) is 64.9 Å². The number of fused-ring (bicyclic) bond motifs is 1. The van der Waals surface area contributed by atoms with Crippen LogP contribution in [-0.2, 0) is 16.0 Å². The van der Waals surface area contributed by atoms with Gasteiger partial charge >= 0.3 is 0 Å². The third kappa shape index (κ3) is 4.28. The summed E-state index contributed by atoms with van der Waals surface area (Å²) in [7, 11) is 0. The summed E-state index contributed by atoms with van der Waals surface area (Å²) >= 11 is 6.36. The van der Waals surface area contributed by atoms with E-state index in [9.17, 15) is 9.59 Å². The van der Waals surface area contributed by atoms with E-state index in [2.05, 4.69) is 27.6 Å². The Morgan fingerprint density at radius 3 is 2.83 bits per heavy atom. The Morgan fingerprint density at radius 1 is 1.30 bits per heavy atom. The zero-order chi connectivity index (χ0) is 21.1. The van der Waals surface area contributed by atoms with E-state index < -0.39 is 0 Å². The Balaban J connectivity index is 1.40. The van der Waals surface area contributed by atoms with Crippen molar-refractivity contribution in [3.63, 3.8) is 0 Å². The van der Waals surface area contributed by atoms with Crippen LogP contribution in [0.1, 0.15) is 30.5 Å². The van der Waals surface area contributed by atoms with Crippen molar-refractivity contribution in [1.82, 2.24) is 14.8 Å². The van der Waals surface area contributed by atoms with Gasteiger partial charge in [-0.1, -0.05) is 36.7 Å². The van der Waals surface area contributed by atoms with Gasteiger partial charge in [0.2, 0.25) is 11.9 Å². The van der Waals surface area contributed by atoms with E-state index in [4.69, 9.17) is 16.3 Å². The first-order chi connectivity index (χ1) is 14.5. The molecular formula is C21H20ClN5O3. The SMILES string of the molecule is CCc1ccc(NC(=O)COc2ccc([C@H]3CC(=O)Nc4ncnn43)cc2Cl)cc1. The number of nitrogens with zero attached hydrogens (tertiary/aromatic N) is 3.